The molecule has 1 N–H and O–H groups in total. The number of halogens is 1. The number of allylic oxidation sites excluding steroid dienone is 3. The van der Waals surface area contributed by atoms with E-state index < -0.39 is 0 Å². The molecule has 0 aromatic heterocycles. The van der Waals surface area contributed by atoms with Gasteiger partial charge in [0.15, 0.2) is 0 Å². The van der Waals surface area contributed by atoms with E-state index in [1.165, 1.54) is 39.6 Å². The minimum atomic E-state index is -0.326. The molecule has 0 bridgehead atoms. The first-order valence-corrected chi connectivity index (χ1v) is 14.5. The molecule has 2 aliphatic heterocycles. The second-order valence-electron chi connectivity index (χ2n) is 11.5. The molecule has 7 heteroatoms. The molecule has 4 rings (SSSR count). The highest BCUT2D eigenvalue weighted by atomic mass is 79.9. The zero-order chi connectivity index (χ0) is 29.6. The van der Waals surface area contributed by atoms with Crippen LogP contribution in [0.15, 0.2) is 96.8 Å². The van der Waals surface area contributed by atoms with Crippen molar-refractivity contribution >= 4 is 23.3 Å². The highest BCUT2D eigenvalue weighted by Crippen LogP contribution is 2.47. The third kappa shape index (κ3) is 6.79. The van der Waals surface area contributed by atoms with E-state index in [2.05, 4.69) is 99.4 Å². The zero-order valence-electron chi connectivity index (χ0n) is 25.5. The van der Waals surface area contributed by atoms with Crippen LogP contribution in [0, 0.1) is 0 Å². The molecule has 0 fully saturated rings. The Morgan fingerprint density at radius 1 is 0.881 bits per heavy atom. The summed E-state index contributed by atoms with van der Waals surface area (Å²) in [4.78, 5) is 27.4. The summed E-state index contributed by atoms with van der Waals surface area (Å²) in [6.07, 6.45) is 13.5. The van der Waals surface area contributed by atoms with E-state index in [1.807, 2.05) is 26.0 Å². The van der Waals surface area contributed by atoms with Crippen LogP contribution in [-0.2, 0) is 29.9 Å². The average Bonchev–Trinajstić information content (AvgIpc) is 3.28. The zero-order valence-corrected chi connectivity index (χ0v) is 27.1. The maximum atomic E-state index is 11.9. The largest absolute Gasteiger partial charge is 1.00 e. The fourth-order valence-corrected chi connectivity index (χ4v) is 6.20. The lowest BCUT2D eigenvalue weighted by Gasteiger charge is -2.28. The van der Waals surface area contributed by atoms with Gasteiger partial charge >= 0.3 is 11.9 Å². The Bertz CT molecular complexity index is 1390. The number of nitrogens with zero attached hydrogens (tertiary/aromatic N) is 1. The Balaban J connectivity index is 0.00000484. The minimum Gasteiger partial charge on any atom is -1.00 e. The molecule has 0 saturated carbocycles. The Hall–Kier alpha value is -3.42. The number of hydrogen-bond acceptors (Lipinski definition) is 5. The Labute approximate surface area is 261 Å². The Morgan fingerprint density at radius 3 is 2.14 bits per heavy atom. The fraction of sp³-hybridized carbons (Fsp3) is 0.371. The van der Waals surface area contributed by atoms with E-state index in [9.17, 15) is 9.59 Å². The summed E-state index contributed by atoms with van der Waals surface area (Å²) >= 11 is 0. The standard InChI is InChI=1S/C35H42N2O4.BrH/c1-7-40-32(38)22-14-24-36-28-18-11-9-16-26(28)34(3,4)30(36)20-13-21-31-35(5,6)27-17-10-12-19-29(27)37(31)25-15-23-33(39)41-8-2;/h9-23,30H,7-8,24-25H2,1-6H3;1H/b20-13+,22-14+,23-15+,31-21+;. The van der Waals surface area contributed by atoms with Gasteiger partial charge in [-0.15, -0.1) is 0 Å². The van der Waals surface area contributed by atoms with Crippen molar-refractivity contribution in [2.75, 3.05) is 31.2 Å². The number of anilines is 1. The second-order valence-corrected chi connectivity index (χ2v) is 11.5. The normalized spacial score (nSPS) is 21.1. The number of esters is 2. The summed E-state index contributed by atoms with van der Waals surface area (Å²) in [5.41, 5.74) is 5.84. The Morgan fingerprint density at radius 2 is 1.48 bits per heavy atom. The molecule has 6 nitrogen and oxygen atoms in total. The van der Waals surface area contributed by atoms with Crippen molar-refractivity contribution in [1.29, 1.82) is 0 Å². The maximum Gasteiger partial charge on any atom is 0.330 e. The highest BCUT2D eigenvalue weighted by Gasteiger charge is 2.47. The van der Waals surface area contributed by atoms with Gasteiger partial charge in [-0.25, -0.2) is 9.59 Å². The number of rotatable bonds is 10. The van der Waals surface area contributed by atoms with Gasteiger partial charge in [-0.2, -0.15) is 0 Å². The number of carbonyl (C=O) groups excluding carboxylic acids is 2. The molecule has 0 saturated heterocycles. The number of benzene rings is 2. The summed E-state index contributed by atoms with van der Waals surface area (Å²) in [5, 5.41) is 0. The van der Waals surface area contributed by atoms with Gasteiger partial charge in [-0.1, -0.05) is 62.4 Å². The summed E-state index contributed by atoms with van der Waals surface area (Å²) in [6.45, 7) is 14.7. The molecule has 0 amide bonds. The maximum absolute atomic E-state index is 11.9. The van der Waals surface area contributed by atoms with Crippen LogP contribution in [0.1, 0.15) is 52.7 Å². The van der Waals surface area contributed by atoms with Crippen molar-refractivity contribution < 1.29 is 40.9 Å². The SMILES string of the molecule is CCOC(=O)/C=C/CN1/C(=C/C=C/C2[NH+](C/C=C/C(=O)OCC)c3ccccc3C2(C)C)C(C)(C)c2ccccc21.[Br-]. The summed E-state index contributed by atoms with van der Waals surface area (Å²) < 4.78 is 10.2. The summed E-state index contributed by atoms with van der Waals surface area (Å²) in [5.74, 6) is -0.636. The predicted octanol–water partition coefficient (Wildman–Crippen LogP) is 2.34. The second kappa shape index (κ2) is 14.2. The van der Waals surface area contributed by atoms with Gasteiger partial charge in [0.05, 0.1) is 18.6 Å². The first-order chi connectivity index (χ1) is 19.6. The fourth-order valence-electron chi connectivity index (χ4n) is 6.20. The highest BCUT2D eigenvalue weighted by molar-refractivity contribution is 5.82. The van der Waals surface area contributed by atoms with Crippen LogP contribution < -0.4 is 26.8 Å². The van der Waals surface area contributed by atoms with Crippen LogP contribution in [0.2, 0.25) is 0 Å². The molecule has 42 heavy (non-hydrogen) atoms. The van der Waals surface area contributed by atoms with Gasteiger partial charge in [-0.05, 0) is 63.6 Å². The lowest BCUT2D eigenvalue weighted by Crippen LogP contribution is -3.10. The molecule has 2 heterocycles. The first-order valence-electron chi connectivity index (χ1n) is 14.5. The Kier molecular flexibility index (Phi) is 11.2. The number of quaternary nitrogens is 1. The molecule has 2 aliphatic rings. The van der Waals surface area contributed by atoms with Crippen molar-refractivity contribution in [3.05, 3.63) is 108 Å². The molecule has 0 radical (unpaired) electrons. The van der Waals surface area contributed by atoms with Gasteiger partial charge in [0.1, 0.15) is 18.3 Å². The van der Waals surface area contributed by atoms with Crippen LogP contribution in [0.25, 0.3) is 0 Å². The van der Waals surface area contributed by atoms with E-state index in [0.29, 0.717) is 26.3 Å². The molecular weight excluding hydrogens is 592 g/mol. The van der Waals surface area contributed by atoms with E-state index in [1.54, 1.807) is 0 Å². The van der Waals surface area contributed by atoms with E-state index in [4.69, 9.17) is 9.47 Å². The molecule has 2 unspecified atom stereocenters. The van der Waals surface area contributed by atoms with Crippen LogP contribution in [0.5, 0.6) is 0 Å². The van der Waals surface area contributed by atoms with Gasteiger partial charge in [0.2, 0.25) is 0 Å². The van der Waals surface area contributed by atoms with Crippen molar-refractivity contribution in [3.63, 3.8) is 0 Å². The van der Waals surface area contributed by atoms with Crippen molar-refractivity contribution in [2.24, 2.45) is 0 Å². The van der Waals surface area contributed by atoms with Crippen LogP contribution in [0.3, 0.4) is 0 Å². The van der Waals surface area contributed by atoms with Gasteiger partial charge in [-0.3, -0.25) is 4.90 Å². The number of carbonyl (C=O) groups is 2. The van der Waals surface area contributed by atoms with Crippen LogP contribution in [0.4, 0.5) is 11.4 Å². The molecule has 224 valence electrons. The van der Waals surface area contributed by atoms with Gasteiger partial charge < -0.3 is 31.4 Å². The van der Waals surface area contributed by atoms with Crippen LogP contribution >= 0.6 is 0 Å². The smallest absolute Gasteiger partial charge is 0.330 e. The quantitative estimate of drug-likeness (QED) is 0.321. The number of nitrogens with one attached hydrogen (secondary N) is 1. The van der Waals surface area contributed by atoms with Crippen molar-refractivity contribution in [3.8, 4) is 0 Å². The topological polar surface area (TPSA) is 60.3 Å². The molecule has 2 atom stereocenters. The number of para-hydroxylation sites is 2. The minimum absolute atomic E-state index is 0. The lowest BCUT2D eigenvalue weighted by molar-refractivity contribution is -0.843. The molecule has 0 spiro atoms. The average molecular weight is 636 g/mol. The third-order valence-electron chi connectivity index (χ3n) is 8.18. The molecular formula is C35H43BrN2O4. The predicted molar refractivity (Wildman–Crippen MR) is 164 cm³/mol. The van der Waals surface area contributed by atoms with E-state index in [0.717, 1.165) is 5.69 Å². The number of fused-ring (bicyclic) bond motifs is 2. The van der Waals surface area contributed by atoms with E-state index >= 15 is 0 Å². The number of hydrogen-bond donors (Lipinski definition) is 1. The van der Waals surface area contributed by atoms with Gasteiger partial charge in [0, 0.05) is 41.1 Å². The first kappa shape index (κ1) is 33.1. The molecule has 0 aliphatic carbocycles. The van der Waals surface area contributed by atoms with Crippen LogP contribution in [-0.4, -0.2) is 44.3 Å². The molecule has 2 aromatic rings. The van der Waals surface area contributed by atoms with E-state index in [-0.39, 0.29) is 45.8 Å². The summed E-state index contributed by atoms with van der Waals surface area (Å²) in [6, 6.07) is 17.2. The molecule has 2 aromatic carbocycles. The lowest BCUT2D eigenvalue weighted by atomic mass is 9.80. The number of ether oxygens (including phenoxy) is 2. The monoisotopic (exact) mass is 634 g/mol. The summed E-state index contributed by atoms with van der Waals surface area (Å²) in [7, 11) is 0. The third-order valence-corrected chi connectivity index (χ3v) is 8.18. The van der Waals surface area contributed by atoms with Gasteiger partial charge in [0.25, 0.3) is 0 Å². The van der Waals surface area contributed by atoms with Crippen molar-refractivity contribution in [1.82, 2.24) is 0 Å². The van der Waals surface area contributed by atoms with Crippen molar-refractivity contribution in [2.45, 2.75) is 58.4 Å².